The Morgan fingerprint density at radius 3 is 2.45 bits per heavy atom. The lowest BCUT2D eigenvalue weighted by Crippen LogP contribution is -2.39. The van der Waals surface area contributed by atoms with Crippen LogP contribution in [-0.2, 0) is 4.79 Å². The van der Waals surface area contributed by atoms with Crippen molar-refractivity contribution >= 4 is 5.91 Å². The molecule has 64 valence electrons. The molecule has 1 amide bonds. The summed E-state index contributed by atoms with van der Waals surface area (Å²) < 4.78 is 0. The van der Waals surface area contributed by atoms with Crippen molar-refractivity contribution in [2.24, 2.45) is 5.92 Å². The zero-order valence-electron chi connectivity index (χ0n) is 7.00. The van der Waals surface area contributed by atoms with E-state index in [1.54, 1.807) is 0 Å². The first-order valence-corrected chi connectivity index (χ1v) is 4.09. The Kier molecular flexibility index (Phi) is 2.49. The molecule has 1 unspecified atom stereocenters. The quantitative estimate of drug-likeness (QED) is 0.618. The third-order valence-corrected chi connectivity index (χ3v) is 1.77. The number of rotatable bonds is 3. The molecular weight excluding hydrogens is 142 g/mol. The second-order valence-electron chi connectivity index (χ2n) is 3.45. The van der Waals surface area contributed by atoms with Gasteiger partial charge in [-0.3, -0.25) is 4.79 Å². The molecule has 0 aliphatic heterocycles. The molecule has 0 radical (unpaired) electrons. The molecule has 11 heavy (non-hydrogen) atoms. The van der Waals surface area contributed by atoms with Crippen LogP contribution in [-0.4, -0.2) is 23.2 Å². The topological polar surface area (TPSA) is 49.3 Å². The van der Waals surface area contributed by atoms with Crippen molar-refractivity contribution in [3.63, 3.8) is 0 Å². The Balaban J connectivity index is 2.27. The average molecular weight is 157 g/mol. The predicted molar refractivity (Wildman–Crippen MR) is 42.0 cm³/mol. The van der Waals surface area contributed by atoms with Gasteiger partial charge in [-0.15, -0.1) is 0 Å². The minimum atomic E-state index is -0.766. The van der Waals surface area contributed by atoms with Gasteiger partial charge in [-0.05, 0) is 32.6 Å². The van der Waals surface area contributed by atoms with Crippen LogP contribution in [0.15, 0.2) is 0 Å². The number of hydrogen-bond donors (Lipinski definition) is 2. The third-order valence-electron chi connectivity index (χ3n) is 1.77. The SMILES string of the molecule is CC(C)NC(=O)C(O)C1CC1. The van der Waals surface area contributed by atoms with Gasteiger partial charge in [-0.2, -0.15) is 0 Å². The van der Waals surface area contributed by atoms with E-state index in [4.69, 9.17) is 0 Å². The number of carbonyl (C=O) groups is 1. The minimum Gasteiger partial charge on any atom is -0.383 e. The first kappa shape index (κ1) is 8.53. The molecule has 2 N–H and O–H groups in total. The van der Waals surface area contributed by atoms with E-state index in [2.05, 4.69) is 5.32 Å². The summed E-state index contributed by atoms with van der Waals surface area (Å²) in [5.41, 5.74) is 0. The molecule has 0 heterocycles. The lowest BCUT2D eigenvalue weighted by Gasteiger charge is -2.12. The monoisotopic (exact) mass is 157 g/mol. The Morgan fingerprint density at radius 2 is 2.09 bits per heavy atom. The highest BCUT2D eigenvalue weighted by atomic mass is 16.3. The third kappa shape index (κ3) is 2.50. The van der Waals surface area contributed by atoms with Gasteiger partial charge in [0.1, 0.15) is 6.10 Å². The molecule has 0 aromatic rings. The summed E-state index contributed by atoms with van der Waals surface area (Å²) in [5, 5.41) is 12.0. The smallest absolute Gasteiger partial charge is 0.249 e. The van der Waals surface area contributed by atoms with Gasteiger partial charge in [0.25, 0.3) is 0 Å². The summed E-state index contributed by atoms with van der Waals surface area (Å²) in [6.45, 7) is 3.77. The first-order chi connectivity index (χ1) is 5.11. The molecule has 1 saturated carbocycles. The predicted octanol–water partition coefficient (Wildman–Crippen LogP) is 0.282. The summed E-state index contributed by atoms with van der Waals surface area (Å²) in [6, 6.07) is 0.121. The van der Waals surface area contributed by atoms with Crippen molar-refractivity contribution in [2.45, 2.75) is 38.8 Å². The van der Waals surface area contributed by atoms with Crippen LogP contribution in [0.3, 0.4) is 0 Å². The number of aliphatic hydroxyl groups is 1. The molecule has 3 heteroatoms. The molecule has 0 bridgehead atoms. The number of nitrogens with one attached hydrogen (secondary N) is 1. The zero-order chi connectivity index (χ0) is 8.43. The van der Waals surface area contributed by atoms with Gasteiger partial charge >= 0.3 is 0 Å². The van der Waals surface area contributed by atoms with E-state index in [9.17, 15) is 9.90 Å². The second-order valence-corrected chi connectivity index (χ2v) is 3.45. The number of carbonyl (C=O) groups excluding carboxylic acids is 1. The fourth-order valence-corrected chi connectivity index (χ4v) is 0.996. The number of amides is 1. The number of hydrogen-bond acceptors (Lipinski definition) is 2. The van der Waals surface area contributed by atoms with Crippen LogP contribution in [0.5, 0.6) is 0 Å². The molecular formula is C8H15NO2. The fourth-order valence-electron chi connectivity index (χ4n) is 0.996. The van der Waals surface area contributed by atoms with Crippen molar-refractivity contribution in [3.8, 4) is 0 Å². The van der Waals surface area contributed by atoms with Crippen molar-refractivity contribution in [1.82, 2.24) is 5.32 Å². The first-order valence-electron chi connectivity index (χ1n) is 4.09. The van der Waals surface area contributed by atoms with Crippen LogP contribution in [0.4, 0.5) is 0 Å². The molecule has 1 atom stereocenters. The van der Waals surface area contributed by atoms with Crippen LogP contribution in [0.25, 0.3) is 0 Å². The zero-order valence-corrected chi connectivity index (χ0v) is 7.00. The molecule has 0 saturated heterocycles. The lowest BCUT2D eigenvalue weighted by molar-refractivity contribution is -0.130. The molecule has 1 rings (SSSR count). The fraction of sp³-hybridized carbons (Fsp3) is 0.875. The van der Waals surface area contributed by atoms with Crippen molar-refractivity contribution in [1.29, 1.82) is 0 Å². The highest BCUT2D eigenvalue weighted by Crippen LogP contribution is 2.32. The van der Waals surface area contributed by atoms with Crippen LogP contribution < -0.4 is 5.32 Å². The minimum absolute atomic E-state index is 0.121. The van der Waals surface area contributed by atoms with E-state index in [0.717, 1.165) is 12.8 Å². The van der Waals surface area contributed by atoms with E-state index < -0.39 is 6.10 Å². The van der Waals surface area contributed by atoms with E-state index in [-0.39, 0.29) is 17.9 Å². The normalized spacial score (nSPS) is 20.0. The van der Waals surface area contributed by atoms with Gasteiger partial charge in [-0.25, -0.2) is 0 Å². The van der Waals surface area contributed by atoms with Crippen molar-refractivity contribution < 1.29 is 9.90 Å². The summed E-state index contributed by atoms with van der Waals surface area (Å²) in [6.07, 6.45) is 1.22. The lowest BCUT2D eigenvalue weighted by atomic mass is 10.2. The van der Waals surface area contributed by atoms with Crippen molar-refractivity contribution in [2.75, 3.05) is 0 Å². The summed E-state index contributed by atoms with van der Waals surface area (Å²) >= 11 is 0. The highest BCUT2D eigenvalue weighted by molar-refractivity contribution is 5.81. The van der Waals surface area contributed by atoms with Gasteiger partial charge in [0, 0.05) is 6.04 Å². The van der Waals surface area contributed by atoms with Gasteiger partial charge in [0.2, 0.25) is 5.91 Å². The van der Waals surface area contributed by atoms with Crippen LogP contribution in [0.2, 0.25) is 0 Å². The average Bonchev–Trinajstić information content (AvgIpc) is 2.65. The van der Waals surface area contributed by atoms with Crippen LogP contribution >= 0.6 is 0 Å². The van der Waals surface area contributed by atoms with Crippen molar-refractivity contribution in [3.05, 3.63) is 0 Å². The summed E-state index contributed by atoms with van der Waals surface area (Å²) in [5.74, 6) is 0.0104. The van der Waals surface area contributed by atoms with Crippen LogP contribution in [0.1, 0.15) is 26.7 Å². The van der Waals surface area contributed by atoms with Gasteiger partial charge in [0.15, 0.2) is 0 Å². The number of aliphatic hydroxyl groups excluding tert-OH is 1. The van der Waals surface area contributed by atoms with Crippen LogP contribution in [0, 0.1) is 5.92 Å². The molecule has 1 fully saturated rings. The second kappa shape index (κ2) is 3.22. The van der Waals surface area contributed by atoms with Gasteiger partial charge < -0.3 is 10.4 Å². The van der Waals surface area contributed by atoms with E-state index >= 15 is 0 Å². The Morgan fingerprint density at radius 1 is 1.55 bits per heavy atom. The standard InChI is InChI=1S/C8H15NO2/c1-5(2)9-8(11)7(10)6-3-4-6/h5-7,10H,3-4H2,1-2H3,(H,9,11). The van der Waals surface area contributed by atoms with E-state index in [0.29, 0.717) is 0 Å². The molecule has 3 nitrogen and oxygen atoms in total. The van der Waals surface area contributed by atoms with E-state index in [1.807, 2.05) is 13.8 Å². The molecule has 1 aliphatic carbocycles. The maximum Gasteiger partial charge on any atom is 0.249 e. The molecule has 0 spiro atoms. The Hall–Kier alpha value is -0.570. The Labute approximate surface area is 66.8 Å². The molecule has 0 aromatic carbocycles. The summed E-state index contributed by atoms with van der Waals surface area (Å²) in [7, 11) is 0. The van der Waals surface area contributed by atoms with Gasteiger partial charge in [-0.1, -0.05) is 0 Å². The highest BCUT2D eigenvalue weighted by Gasteiger charge is 2.34. The largest absolute Gasteiger partial charge is 0.383 e. The van der Waals surface area contributed by atoms with E-state index in [1.165, 1.54) is 0 Å². The summed E-state index contributed by atoms with van der Waals surface area (Å²) in [4.78, 5) is 11.1. The maximum atomic E-state index is 11.1. The van der Waals surface area contributed by atoms with Gasteiger partial charge in [0.05, 0.1) is 0 Å². The molecule has 0 aromatic heterocycles. The molecule has 1 aliphatic rings. The Bertz CT molecular complexity index is 152. The maximum absolute atomic E-state index is 11.1.